The van der Waals surface area contributed by atoms with E-state index in [0.29, 0.717) is 0 Å². The van der Waals surface area contributed by atoms with E-state index in [9.17, 15) is 57.7 Å². The Morgan fingerprint density at radius 2 is 1.55 bits per heavy atom. The molecule has 1 atom stereocenters. The number of alkyl halides is 7. The lowest BCUT2D eigenvalue weighted by atomic mass is 10.2. The fourth-order valence-corrected chi connectivity index (χ4v) is 2.17. The number of hydrogen-bond donors (Lipinski definition) is 0. The summed E-state index contributed by atoms with van der Waals surface area (Å²) in [7, 11) is -6.85. The molecular formula is C14H15F8O8S-. The van der Waals surface area contributed by atoms with E-state index in [4.69, 9.17) is 0 Å². The number of rotatable bonds is 12. The van der Waals surface area contributed by atoms with Gasteiger partial charge in [-0.15, -0.1) is 0 Å². The fourth-order valence-electron chi connectivity index (χ4n) is 1.70. The minimum absolute atomic E-state index is 0.0472. The van der Waals surface area contributed by atoms with Gasteiger partial charge in [0.2, 0.25) is 5.83 Å². The van der Waals surface area contributed by atoms with Crippen LogP contribution < -0.4 is 0 Å². The topological polar surface area (TPSA) is 119 Å². The first-order chi connectivity index (χ1) is 13.8. The first kappa shape index (κ1) is 29.0. The Bertz CT molecular complexity index is 780. The molecule has 0 saturated carbocycles. The average Bonchev–Trinajstić information content (AvgIpc) is 2.59. The van der Waals surface area contributed by atoms with Crippen molar-refractivity contribution >= 4 is 22.1 Å². The molecule has 0 aliphatic rings. The predicted molar refractivity (Wildman–Crippen MR) is 81.2 cm³/mol. The summed E-state index contributed by atoms with van der Waals surface area (Å²) in [4.78, 5) is 23.0. The summed E-state index contributed by atoms with van der Waals surface area (Å²) in [5.74, 6) is -17.2. The van der Waals surface area contributed by atoms with Gasteiger partial charge in [-0.05, 0) is 12.8 Å². The van der Waals surface area contributed by atoms with E-state index in [1.165, 1.54) is 6.92 Å². The summed E-state index contributed by atoms with van der Waals surface area (Å²) in [6.45, 7) is 1.31. The van der Waals surface area contributed by atoms with Crippen molar-refractivity contribution in [1.29, 1.82) is 0 Å². The van der Waals surface area contributed by atoms with Crippen LogP contribution in [0.5, 0.6) is 0 Å². The monoisotopic (exact) mass is 495 g/mol. The molecule has 182 valence electrons. The normalized spacial score (nSPS) is 15.2. The lowest BCUT2D eigenvalue weighted by Gasteiger charge is -2.32. The van der Waals surface area contributed by atoms with Crippen LogP contribution in [0.1, 0.15) is 26.2 Å². The Balaban J connectivity index is 5.71. The van der Waals surface area contributed by atoms with E-state index in [-0.39, 0.29) is 6.42 Å². The van der Waals surface area contributed by atoms with Crippen LogP contribution in [0.4, 0.5) is 35.1 Å². The molecule has 0 fully saturated rings. The van der Waals surface area contributed by atoms with Crippen molar-refractivity contribution in [3.8, 4) is 0 Å². The molecule has 0 amide bonds. The highest BCUT2D eigenvalue weighted by molar-refractivity contribution is 7.86. The van der Waals surface area contributed by atoms with Crippen molar-refractivity contribution in [2.45, 2.75) is 49.3 Å². The largest absolute Gasteiger partial charge is 0.743 e. The van der Waals surface area contributed by atoms with E-state index in [2.05, 4.69) is 20.8 Å². The number of hydrogen-bond acceptors (Lipinski definition) is 8. The number of carbonyl (C=O) groups is 2. The van der Waals surface area contributed by atoms with Crippen LogP contribution in [0, 0.1) is 0 Å². The second-order valence-corrected chi connectivity index (χ2v) is 7.09. The number of ether oxygens (including phenoxy) is 3. The third-order valence-electron chi connectivity index (χ3n) is 3.22. The molecule has 0 aromatic carbocycles. The van der Waals surface area contributed by atoms with Crippen molar-refractivity contribution in [2.24, 2.45) is 0 Å². The molecule has 0 aromatic heterocycles. The van der Waals surface area contributed by atoms with Gasteiger partial charge in [-0.2, -0.15) is 35.1 Å². The molecule has 0 aliphatic carbocycles. The van der Waals surface area contributed by atoms with Gasteiger partial charge in [-0.1, -0.05) is 13.5 Å². The van der Waals surface area contributed by atoms with Crippen LogP contribution in [0.3, 0.4) is 0 Å². The zero-order valence-electron chi connectivity index (χ0n) is 15.4. The molecule has 0 spiro atoms. The highest BCUT2D eigenvalue weighted by atomic mass is 32.2. The molecule has 0 radical (unpaired) electrons. The minimum atomic E-state index is -6.85. The molecule has 0 N–H and O–H groups in total. The maximum absolute atomic E-state index is 13.4. The summed E-state index contributed by atoms with van der Waals surface area (Å²) >= 11 is 0. The van der Waals surface area contributed by atoms with E-state index < -0.39 is 77.1 Å². The lowest BCUT2D eigenvalue weighted by molar-refractivity contribution is -0.355. The van der Waals surface area contributed by atoms with Crippen LogP contribution in [0.15, 0.2) is 12.4 Å². The number of halogens is 8. The first-order valence-corrected chi connectivity index (χ1v) is 9.34. The lowest BCUT2D eigenvalue weighted by Crippen LogP contribution is -2.58. The molecule has 0 rings (SSSR count). The van der Waals surface area contributed by atoms with Crippen LogP contribution in [0.2, 0.25) is 0 Å². The molecule has 0 aromatic rings. The Kier molecular flexibility index (Phi) is 9.42. The van der Waals surface area contributed by atoms with Crippen LogP contribution in [0.25, 0.3) is 0 Å². The average molecular weight is 495 g/mol. The third kappa shape index (κ3) is 6.73. The van der Waals surface area contributed by atoms with Gasteiger partial charge >= 0.3 is 35.1 Å². The standard InChI is InChI=1S/C14H16F8O8S/c1-3-6-28-10(24)12(13(18,19)20,30-9(23)8(2)15)29-7-4-5-11(16,17)14(21,22)31(25,26)27/h2-7H2,1H3,(H,25,26,27)/p-1. The molecular weight excluding hydrogens is 480 g/mol. The Hall–Kier alpha value is -2.01. The maximum Gasteiger partial charge on any atom is 0.468 e. The second-order valence-electron chi connectivity index (χ2n) is 5.67. The SMILES string of the molecule is C=C(F)C(=O)OC(OCCCC(F)(F)C(F)(F)S(=O)(=O)[O-])(C(=O)OCCC)C(F)(F)F. The predicted octanol–water partition coefficient (Wildman–Crippen LogP) is 2.79. The summed E-state index contributed by atoms with van der Waals surface area (Å²) in [6, 6.07) is 0. The van der Waals surface area contributed by atoms with Gasteiger partial charge in [0.05, 0.1) is 13.2 Å². The minimum Gasteiger partial charge on any atom is -0.743 e. The van der Waals surface area contributed by atoms with Gasteiger partial charge in [-0.3, -0.25) is 0 Å². The van der Waals surface area contributed by atoms with Gasteiger partial charge in [0, 0.05) is 6.42 Å². The maximum atomic E-state index is 13.4. The zero-order valence-corrected chi connectivity index (χ0v) is 16.3. The van der Waals surface area contributed by atoms with Crippen molar-refractivity contribution in [1.82, 2.24) is 0 Å². The highest BCUT2D eigenvalue weighted by Gasteiger charge is 2.68. The van der Waals surface area contributed by atoms with Crippen molar-refractivity contribution < 1.29 is 71.9 Å². The van der Waals surface area contributed by atoms with Crippen molar-refractivity contribution in [3.63, 3.8) is 0 Å². The third-order valence-corrected chi connectivity index (χ3v) is 4.14. The Morgan fingerprint density at radius 3 is 1.94 bits per heavy atom. The van der Waals surface area contributed by atoms with Crippen LogP contribution >= 0.6 is 0 Å². The van der Waals surface area contributed by atoms with Crippen LogP contribution in [-0.2, 0) is 33.9 Å². The smallest absolute Gasteiger partial charge is 0.468 e. The summed E-state index contributed by atoms with van der Waals surface area (Å²) in [6.07, 6.45) is -9.74. The molecule has 1 unspecified atom stereocenters. The van der Waals surface area contributed by atoms with Crippen molar-refractivity contribution in [3.05, 3.63) is 12.4 Å². The molecule has 0 heterocycles. The fraction of sp³-hybridized carbons (Fsp3) is 0.714. The molecule has 0 bridgehead atoms. The molecule has 0 saturated heterocycles. The van der Waals surface area contributed by atoms with Gasteiger partial charge in [0.25, 0.3) is 0 Å². The Morgan fingerprint density at radius 1 is 1.03 bits per heavy atom. The Labute approximate surface area is 169 Å². The van der Waals surface area contributed by atoms with Gasteiger partial charge in [-0.25, -0.2) is 18.0 Å². The number of carbonyl (C=O) groups excluding carboxylic acids is 2. The van der Waals surface area contributed by atoms with Gasteiger partial charge < -0.3 is 18.8 Å². The molecule has 8 nitrogen and oxygen atoms in total. The first-order valence-electron chi connectivity index (χ1n) is 7.93. The zero-order chi connectivity index (χ0) is 24.9. The number of esters is 2. The van der Waals surface area contributed by atoms with E-state index in [0.717, 1.165) is 0 Å². The van der Waals surface area contributed by atoms with Gasteiger partial charge in [0.15, 0.2) is 10.1 Å². The van der Waals surface area contributed by atoms with Crippen molar-refractivity contribution in [2.75, 3.05) is 13.2 Å². The van der Waals surface area contributed by atoms with Crippen LogP contribution in [-0.4, -0.2) is 61.3 Å². The highest BCUT2D eigenvalue weighted by Crippen LogP contribution is 2.42. The molecule has 17 heteroatoms. The van der Waals surface area contributed by atoms with E-state index in [1.807, 2.05) is 0 Å². The van der Waals surface area contributed by atoms with Gasteiger partial charge in [0.1, 0.15) is 0 Å². The van der Waals surface area contributed by atoms with E-state index >= 15 is 0 Å². The summed E-state index contributed by atoms with van der Waals surface area (Å²) in [5, 5.41) is -6.11. The molecule has 0 aliphatic heterocycles. The molecule has 31 heavy (non-hydrogen) atoms. The van der Waals surface area contributed by atoms with E-state index in [1.54, 1.807) is 0 Å². The quantitative estimate of drug-likeness (QED) is 0.101. The second kappa shape index (κ2) is 10.1. The summed E-state index contributed by atoms with van der Waals surface area (Å²) < 4.78 is 148. The summed E-state index contributed by atoms with van der Waals surface area (Å²) in [5.41, 5.74) is 0.